The Balaban J connectivity index is 1.53. The predicted molar refractivity (Wildman–Crippen MR) is 122 cm³/mol. The van der Waals surface area contributed by atoms with Crippen LogP contribution in [-0.2, 0) is 11.3 Å². The van der Waals surface area contributed by atoms with E-state index in [1.165, 1.54) is 30.3 Å². The molecule has 0 atom stereocenters. The summed E-state index contributed by atoms with van der Waals surface area (Å²) >= 11 is 0. The second-order valence-electron chi connectivity index (χ2n) is 8.13. The van der Waals surface area contributed by atoms with E-state index in [-0.39, 0.29) is 23.3 Å². The first-order valence-electron chi connectivity index (χ1n) is 11.2. The number of nitro benzene ring substituents is 1. The van der Waals surface area contributed by atoms with Crippen LogP contribution in [0.1, 0.15) is 35.7 Å². The van der Waals surface area contributed by atoms with Crippen LogP contribution in [0.2, 0.25) is 0 Å². The minimum absolute atomic E-state index is 0.0707. The number of piperazine rings is 1. The first-order chi connectivity index (χ1) is 15.9. The molecule has 0 radical (unpaired) electrons. The third-order valence-electron chi connectivity index (χ3n) is 5.75. The van der Waals surface area contributed by atoms with Crippen molar-refractivity contribution < 1.29 is 18.9 Å². The number of amides is 2. The summed E-state index contributed by atoms with van der Waals surface area (Å²) in [5.41, 5.74) is 1.10. The lowest BCUT2D eigenvalue weighted by Crippen LogP contribution is -2.50. The lowest BCUT2D eigenvalue weighted by Gasteiger charge is -2.36. The number of carbonyl (C=O) groups is 2. The molecule has 9 heteroatoms. The molecule has 0 aromatic heterocycles. The molecule has 1 fully saturated rings. The van der Waals surface area contributed by atoms with Crippen molar-refractivity contribution in [2.45, 2.75) is 26.3 Å². The van der Waals surface area contributed by atoms with Crippen molar-refractivity contribution in [1.29, 1.82) is 0 Å². The fourth-order valence-electron chi connectivity index (χ4n) is 3.85. The van der Waals surface area contributed by atoms with Crippen LogP contribution >= 0.6 is 0 Å². The molecule has 0 spiro atoms. The Hall–Kier alpha value is -3.33. The molecule has 33 heavy (non-hydrogen) atoms. The van der Waals surface area contributed by atoms with Gasteiger partial charge in [-0.05, 0) is 30.2 Å². The van der Waals surface area contributed by atoms with Gasteiger partial charge in [0.05, 0.1) is 4.92 Å². The number of hydrogen-bond donors (Lipinski definition) is 0. The topological polar surface area (TPSA) is 87.0 Å². The monoisotopic (exact) mass is 456 g/mol. The third kappa shape index (κ3) is 6.82. The lowest BCUT2D eigenvalue weighted by atomic mass is 10.1. The van der Waals surface area contributed by atoms with E-state index in [0.717, 1.165) is 12.0 Å². The van der Waals surface area contributed by atoms with E-state index in [4.69, 9.17) is 0 Å². The molecule has 1 saturated heterocycles. The summed E-state index contributed by atoms with van der Waals surface area (Å²) in [5.74, 6) is -0.446. The van der Waals surface area contributed by atoms with Gasteiger partial charge in [-0.2, -0.15) is 0 Å². The fourth-order valence-corrected chi connectivity index (χ4v) is 3.85. The molecule has 0 saturated carbocycles. The van der Waals surface area contributed by atoms with Crippen LogP contribution in [-0.4, -0.2) is 70.7 Å². The molecule has 0 unspecified atom stereocenters. The van der Waals surface area contributed by atoms with Crippen LogP contribution in [0.4, 0.5) is 10.1 Å². The Labute approximate surface area is 192 Å². The van der Waals surface area contributed by atoms with Crippen molar-refractivity contribution in [3.05, 3.63) is 75.6 Å². The maximum absolute atomic E-state index is 13.2. The number of carbonyl (C=O) groups excluding carboxylic acids is 2. The van der Waals surface area contributed by atoms with E-state index in [1.54, 1.807) is 28.0 Å². The summed E-state index contributed by atoms with van der Waals surface area (Å²) in [6, 6.07) is 12.0. The maximum Gasteiger partial charge on any atom is 0.270 e. The Bertz CT molecular complexity index is 975. The van der Waals surface area contributed by atoms with Crippen molar-refractivity contribution in [2.24, 2.45) is 0 Å². The average Bonchev–Trinajstić information content (AvgIpc) is 2.83. The molecule has 2 amide bonds. The Morgan fingerprint density at radius 3 is 2.42 bits per heavy atom. The molecule has 1 aliphatic rings. The van der Waals surface area contributed by atoms with Gasteiger partial charge >= 0.3 is 0 Å². The molecule has 176 valence electrons. The molecule has 3 rings (SSSR count). The summed E-state index contributed by atoms with van der Waals surface area (Å²) in [6.07, 6.45) is 1.23. The minimum Gasteiger partial charge on any atom is -0.337 e. The average molecular weight is 457 g/mol. The van der Waals surface area contributed by atoms with Crippen LogP contribution in [0.5, 0.6) is 0 Å². The van der Waals surface area contributed by atoms with Crippen LogP contribution in [0.25, 0.3) is 0 Å². The van der Waals surface area contributed by atoms with Gasteiger partial charge in [-0.3, -0.25) is 24.6 Å². The molecule has 1 aliphatic heterocycles. The number of nitro groups is 1. The number of nitrogens with zero attached hydrogens (tertiary/aromatic N) is 4. The van der Waals surface area contributed by atoms with E-state index in [0.29, 0.717) is 57.8 Å². The van der Waals surface area contributed by atoms with Crippen molar-refractivity contribution in [2.75, 3.05) is 39.3 Å². The third-order valence-corrected chi connectivity index (χ3v) is 5.75. The number of halogens is 1. The zero-order valence-corrected chi connectivity index (χ0v) is 18.8. The van der Waals surface area contributed by atoms with E-state index >= 15 is 0 Å². The molecule has 2 aromatic carbocycles. The van der Waals surface area contributed by atoms with E-state index in [2.05, 4.69) is 4.90 Å². The van der Waals surface area contributed by atoms with E-state index in [9.17, 15) is 24.1 Å². The standard InChI is InChI=1S/C24H29FN4O4/c1-2-4-23(30)28(18-19-7-9-21(25)10-8-19)16-13-26-11-14-27(15-12-26)24(31)20-5-3-6-22(17-20)29(32)33/h3,5-10,17H,2,4,11-16,18H2,1H3. The van der Waals surface area contributed by atoms with Crippen LogP contribution in [0.15, 0.2) is 48.5 Å². The Morgan fingerprint density at radius 2 is 1.79 bits per heavy atom. The fraction of sp³-hybridized carbons (Fsp3) is 0.417. The number of non-ortho nitro benzene ring substituents is 1. The Morgan fingerprint density at radius 1 is 1.09 bits per heavy atom. The van der Waals surface area contributed by atoms with Gasteiger partial charge in [-0.1, -0.05) is 25.1 Å². The predicted octanol–water partition coefficient (Wildman–Crippen LogP) is 3.32. The van der Waals surface area contributed by atoms with Gasteiger partial charge in [0.1, 0.15) is 5.82 Å². The summed E-state index contributed by atoms with van der Waals surface area (Å²) < 4.78 is 13.2. The second kappa shape index (κ2) is 11.5. The van der Waals surface area contributed by atoms with Gasteiger partial charge in [0.25, 0.3) is 11.6 Å². The molecule has 2 aromatic rings. The largest absolute Gasteiger partial charge is 0.337 e. The van der Waals surface area contributed by atoms with Gasteiger partial charge in [-0.25, -0.2) is 4.39 Å². The van der Waals surface area contributed by atoms with Gasteiger partial charge in [-0.15, -0.1) is 0 Å². The van der Waals surface area contributed by atoms with Crippen molar-refractivity contribution in [3.63, 3.8) is 0 Å². The summed E-state index contributed by atoms with van der Waals surface area (Å²) in [5, 5.41) is 11.0. The van der Waals surface area contributed by atoms with Crippen LogP contribution in [0.3, 0.4) is 0 Å². The van der Waals surface area contributed by atoms with Gasteiger partial charge in [0.2, 0.25) is 5.91 Å². The van der Waals surface area contributed by atoms with Gasteiger partial charge in [0.15, 0.2) is 0 Å². The molecule has 1 heterocycles. The summed E-state index contributed by atoms with van der Waals surface area (Å²) in [4.78, 5) is 41.5. The molecular weight excluding hydrogens is 427 g/mol. The quantitative estimate of drug-likeness (QED) is 0.427. The molecular formula is C24H29FN4O4. The second-order valence-corrected chi connectivity index (χ2v) is 8.13. The minimum atomic E-state index is -0.508. The van der Waals surface area contributed by atoms with Crippen LogP contribution < -0.4 is 0 Å². The molecule has 0 aliphatic carbocycles. The van der Waals surface area contributed by atoms with Crippen molar-refractivity contribution in [3.8, 4) is 0 Å². The Kier molecular flexibility index (Phi) is 8.48. The first-order valence-corrected chi connectivity index (χ1v) is 11.2. The smallest absolute Gasteiger partial charge is 0.270 e. The SMILES string of the molecule is CCCC(=O)N(CCN1CCN(C(=O)c2cccc([N+](=O)[O-])c2)CC1)Cc1ccc(F)cc1. The molecule has 0 bridgehead atoms. The highest BCUT2D eigenvalue weighted by atomic mass is 19.1. The molecule has 0 N–H and O–H groups in total. The number of rotatable bonds is 9. The zero-order valence-electron chi connectivity index (χ0n) is 18.8. The highest BCUT2D eigenvalue weighted by Gasteiger charge is 2.24. The van der Waals surface area contributed by atoms with Crippen molar-refractivity contribution in [1.82, 2.24) is 14.7 Å². The van der Waals surface area contributed by atoms with Crippen LogP contribution in [0, 0.1) is 15.9 Å². The highest BCUT2D eigenvalue weighted by molar-refractivity contribution is 5.94. The normalized spacial score (nSPS) is 14.2. The zero-order chi connectivity index (χ0) is 23.8. The summed E-state index contributed by atoms with van der Waals surface area (Å²) in [6.45, 7) is 5.98. The maximum atomic E-state index is 13.2. The highest BCUT2D eigenvalue weighted by Crippen LogP contribution is 2.16. The number of benzene rings is 2. The molecule has 8 nitrogen and oxygen atoms in total. The first kappa shape index (κ1) is 24.3. The summed E-state index contributed by atoms with van der Waals surface area (Å²) in [7, 11) is 0. The van der Waals surface area contributed by atoms with Gasteiger partial charge < -0.3 is 9.80 Å². The van der Waals surface area contributed by atoms with E-state index in [1.807, 2.05) is 6.92 Å². The van der Waals surface area contributed by atoms with Crippen molar-refractivity contribution >= 4 is 17.5 Å². The van der Waals surface area contributed by atoms with Gasteiger partial charge in [0, 0.05) is 69.9 Å². The lowest BCUT2D eigenvalue weighted by molar-refractivity contribution is -0.384. The number of hydrogen-bond acceptors (Lipinski definition) is 5. The van der Waals surface area contributed by atoms with E-state index < -0.39 is 4.92 Å².